The van der Waals surface area contributed by atoms with Gasteiger partial charge in [-0.2, -0.15) is 0 Å². The number of carbonyl (C=O) groups excluding carboxylic acids is 1. The van der Waals surface area contributed by atoms with Gasteiger partial charge in [0.15, 0.2) is 0 Å². The molecule has 0 saturated carbocycles. The predicted molar refractivity (Wildman–Crippen MR) is 67.3 cm³/mol. The Morgan fingerprint density at radius 2 is 2.35 bits per heavy atom. The first-order valence-electron chi connectivity index (χ1n) is 6.22. The number of aromatic nitrogens is 2. The van der Waals surface area contributed by atoms with E-state index in [0.717, 1.165) is 44.6 Å². The molecule has 0 aliphatic heterocycles. The molecule has 5 heteroatoms. The third kappa shape index (κ3) is 6.06. The maximum Gasteiger partial charge on any atom is 0.217 e. The summed E-state index contributed by atoms with van der Waals surface area (Å²) in [4.78, 5) is 14.9. The molecular formula is C12H22N4O. The van der Waals surface area contributed by atoms with E-state index in [1.807, 2.05) is 12.5 Å². The number of hydrogen-bond donors (Lipinski definition) is 2. The van der Waals surface area contributed by atoms with Crippen LogP contribution >= 0.6 is 0 Å². The van der Waals surface area contributed by atoms with Gasteiger partial charge in [-0.05, 0) is 25.8 Å². The zero-order valence-electron chi connectivity index (χ0n) is 10.5. The van der Waals surface area contributed by atoms with Gasteiger partial charge in [-0.1, -0.05) is 6.92 Å². The molecule has 3 N–H and O–H groups in total. The van der Waals surface area contributed by atoms with Crippen molar-refractivity contribution in [3.8, 4) is 0 Å². The number of hydrogen-bond acceptors (Lipinski definition) is 3. The first-order valence-corrected chi connectivity index (χ1v) is 6.22. The summed E-state index contributed by atoms with van der Waals surface area (Å²) >= 11 is 0. The third-order valence-electron chi connectivity index (χ3n) is 2.51. The molecule has 1 aromatic rings. The lowest BCUT2D eigenvalue weighted by molar-refractivity contribution is -0.118. The number of nitrogens with zero attached hydrogens (tertiary/aromatic N) is 2. The Morgan fingerprint density at radius 3 is 3.06 bits per heavy atom. The Morgan fingerprint density at radius 1 is 1.53 bits per heavy atom. The summed E-state index contributed by atoms with van der Waals surface area (Å²) in [7, 11) is 0. The molecule has 1 rings (SSSR count). The van der Waals surface area contributed by atoms with Crippen LogP contribution in [0.2, 0.25) is 0 Å². The number of rotatable bonds is 9. The van der Waals surface area contributed by atoms with Crippen molar-refractivity contribution < 1.29 is 4.79 Å². The Hall–Kier alpha value is -1.36. The summed E-state index contributed by atoms with van der Waals surface area (Å²) < 4.78 is 2.06. The molecule has 0 aromatic carbocycles. The molecule has 0 fully saturated rings. The maximum absolute atomic E-state index is 10.6. The lowest BCUT2D eigenvalue weighted by Crippen LogP contribution is -2.13. The highest BCUT2D eigenvalue weighted by Gasteiger charge is 1.99. The van der Waals surface area contributed by atoms with Crippen LogP contribution in [0.1, 0.15) is 38.3 Å². The molecule has 1 heterocycles. The molecule has 0 spiro atoms. The van der Waals surface area contributed by atoms with E-state index >= 15 is 0 Å². The summed E-state index contributed by atoms with van der Waals surface area (Å²) in [5, 5.41) is 3.31. The van der Waals surface area contributed by atoms with Gasteiger partial charge < -0.3 is 15.6 Å². The summed E-state index contributed by atoms with van der Waals surface area (Å²) in [5.41, 5.74) is 6.14. The van der Waals surface area contributed by atoms with Crippen LogP contribution in [0.25, 0.3) is 0 Å². The third-order valence-corrected chi connectivity index (χ3v) is 2.51. The molecule has 0 aliphatic rings. The molecule has 0 saturated heterocycles. The fourth-order valence-electron chi connectivity index (χ4n) is 1.61. The minimum Gasteiger partial charge on any atom is -0.370 e. The van der Waals surface area contributed by atoms with Crippen molar-refractivity contribution in [1.29, 1.82) is 0 Å². The van der Waals surface area contributed by atoms with Crippen molar-refractivity contribution in [2.75, 3.05) is 6.54 Å². The molecule has 0 unspecified atom stereocenters. The van der Waals surface area contributed by atoms with E-state index in [-0.39, 0.29) is 5.91 Å². The molecule has 0 bridgehead atoms. The highest BCUT2D eigenvalue weighted by atomic mass is 16.1. The second-order valence-corrected chi connectivity index (χ2v) is 4.20. The number of imidazole rings is 1. The monoisotopic (exact) mass is 238 g/mol. The van der Waals surface area contributed by atoms with Crippen LogP contribution in [0.5, 0.6) is 0 Å². The van der Waals surface area contributed by atoms with Crippen LogP contribution in [0.3, 0.4) is 0 Å². The largest absolute Gasteiger partial charge is 0.370 e. The molecule has 0 aliphatic carbocycles. The zero-order chi connectivity index (χ0) is 12.5. The van der Waals surface area contributed by atoms with Crippen molar-refractivity contribution in [1.82, 2.24) is 14.9 Å². The Labute approximate surface area is 102 Å². The molecule has 5 nitrogen and oxygen atoms in total. The second kappa shape index (κ2) is 7.84. The van der Waals surface area contributed by atoms with Gasteiger partial charge in [-0.3, -0.25) is 4.79 Å². The van der Waals surface area contributed by atoms with Crippen LogP contribution < -0.4 is 11.1 Å². The smallest absolute Gasteiger partial charge is 0.217 e. The van der Waals surface area contributed by atoms with E-state index < -0.39 is 0 Å². The first kappa shape index (κ1) is 13.7. The Bertz CT molecular complexity index is 335. The van der Waals surface area contributed by atoms with Gasteiger partial charge in [0, 0.05) is 25.7 Å². The van der Waals surface area contributed by atoms with Gasteiger partial charge in [0.05, 0.1) is 12.0 Å². The number of nitrogens with two attached hydrogens (primary N) is 1. The van der Waals surface area contributed by atoms with E-state index in [1.54, 1.807) is 0 Å². The van der Waals surface area contributed by atoms with Crippen LogP contribution in [-0.2, 0) is 17.9 Å². The normalized spacial score (nSPS) is 10.6. The summed E-state index contributed by atoms with van der Waals surface area (Å²) in [6.45, 7) is 4.88. The summed E-state index contributed by atoms with van der Waals surface area (Å²) in [6.07, 6.45) is 7.30. The van der Waals surface area contributed by atoms with Gasteiger partial charge in [0.25, 0.3) is 0 Å². The number of unbranched alkanes of at least 4 members (excludes halogenated alkanes) is 1. The molecule has 96 valence electrons. The van der Waals surface area contributed by atoms with Crippen LogP contribution in [-0.4, -0.2) is 22.0 Å². The van der Waals surface area contributed by atoms with Crippen molar-refractivity contribution in [3.05, 3.63) is 18.2 Å². The van der Waals surface area contributed by atoms with Gasteiger partial charge in [-0.25, -0.2) is 4.98 Å². The summed E-state index contributed by atoms with van der Waals surface area (Å²) in [5.74, 6) is -0.222. The number of aryl methyl sites for hydroxylation is 1. The number of carbonyl (C=O) groups is 1. The van der Waals surface area contributed by atoms with E-state index in [9.17, 15) is 4.79 Å². The molecule has 17 heavy (non-hydrogen) atoms. The highest BCUT2D eigenvalue weighted by molar-refractivity contribution is 5.73. The second-order valence-electron chi connectivity index (χ2n) is 4.20. The average molecular weight is 238 g/mol. The fourth-order valence-corrected chi connectivity index (χ4v) is 1.61. The van der Waals surface area contributed by atoms with Crippen molar-refractivity contribution >= 4 is 5.91 Å². The van der Waals surface area contributed by atoms with Crippen molar-refractivity contribution in [2.45, 2.75) is 45.7 Å². The standard InChI is InChI=1S/C12H22N4O/c1-2-6-14-8-11-9-16(10-15-11)7-4-3-5-12(13)17/h9-10,14H,2-8H2,1H3,(H2,13,17). The highest BCUT2D eigenvalue weighted by Crippen LogP contribution is 2.01. The van der Waals surface area contributed by atoms with Crippen LogP contribution in [0, 0.1) is 0 Å². The molecule has 1 amide bonds. The number of amides is 1. The van der Waals surface area contributed by atoms with Gasteiger partial charge in [0.2, 0.25) is 5.91 Å². The minimum absolute atomic E-state index is 0.222. The average Bonchev–Trinajstić information content (AvgIpc) is 2.73. The minimum atomic E-state index is -0.222. The van der Waals surface area contributed by atoms with Gasteiger partial charge in [0.1, 0.15) is 0 Å². The van der Waals surface area contributed by atoms with Gasteiger partial charge >= 0.3 is 0 Å². The first-order chi connectivity index (χ1) is 8.22. The lowest BCUT2D eigenvalue weighted by Gasteiger charge is -2.01. The number of primary amides is 1. The lowest BCUT2D eigenvalue weighted by atomic mass is 10.2. The Balaban J connectivity index is 2.18. The van der Waals surface area contributed by atoms with E-state index in [0.29, 0.717) is 6.42 Å². The van der Waals surface area contributed by atoms with E-state index in [2.05, 4.69) is 21.8 Å². The fraction of sp³-hybridized carbons (Fsp3) is 0.667. The molecule has 0 radical (unpaired) electrons. The topological polar surface area (TPSA) is 72.9 Å². The predicted octanol–water partition coefficient (Wildman–Crippen LogP) is 1.04. The maximum atomic E-state index is 10.6. The molecular weight excluding hydrogens is 216 g/mol. The van der Waals surface area contributed by atoms with Crippen LogP contribution in [0.15, 0.2) is 12.5 Å². The van der Waals surface area contributed by atoms with E-state index in [4.69, 9.17) is 5.73 Å². The quantitative estimate of drug-likeness (QED) is 0.631. The Kier molecular flexibility index (Phi) is 6.32. The molecule has 1 aromatic heterocycles. The number of nitrogens with one attached hydrogen (secondary N) is 1. The van der Waals surface area contributed by atoms with Crippen LogP contribution in [0.4, 0.5) is 0 Å². The van der Waals surface area contributed by atoms with Gasteiger partial charge in [-0.15, -0.1) is 0 Å². The zero-order valence-corrected chi connectivity index (χ0v) is 10.5. The van der Waals surface area contributed by atoms with Crippen molar-refractivity contribution in [2.24, 2.45) is 5.73 Å². The SMILES string of the molecule is CCCNCc1cn(CCCCC(N)=O)cn1. The van der Waals surface area contributed by atoms with Crippen molar-refractivity contribution in [3.63, 3.8) is 0 Å². The summed E-state index contributed by atoms with van der Waals surface area (Å²) in [6, 6.07) is 0. The molecule has 0 atom stereocenters. The van der Waals surface area contributed by atoms with E-state index in [1.165, 1.54) is 0 Å².